The molecule has 0 aliphatic rings. The van der Waals surface area contributed by atoms with Crippen LogP contribution in [-0.2, 0) is 6.42 Å². The Labute approximate surface area is 173 Å². The molecule has 3 heterocycles. The summed E-state index contributed by atoms with van der Waals surface area (Å²) in [7, 11) is 0. The molecule has 0 spiro atoms. The number of amides is 2. The summed E-state index contributed by atoms with van der Waals surface area (Å²) >= 11 is 0. The summed E-state index contributed by atoms with van der Waals surface area (Å²) in [4.78, 5) is 20.2. The largest absolute Gasteiger partial charge is 0.338 e. The van der Waals surface area contributed by atoms with Gasteiger partial charge in [-0.05, 0) is 49.6 Å². The van der Waals surface area contributed by atoms with Crippen molar-refractivity contribution in [3.63, 3.8) is 0 Å². The van der Waals surface area contributed by atoms with E-state index < -0.39 is 0 Å². The molecule has 3 aromatic heterocycles. The van der Waals surface area contributed by atoms with Gasteiger partial charge in [0.2, 0.25) is 0 Å². The number of hydrogen-bond acceptors (Lipinski definition) is 5. The number of aromatic nitrogens is 6. The molecule has 0 bridgehead atoms. The first-order valence-electron chi connectivity index (χ1n) is 9.65. The summed E-state index contributed by atoms with van der Waals surface area (Å²) in [5.41, 5.74) is 3.82. The lowest BCUT2D eigenvalue weighted by Gasteiger charge is -2.08. The van der Waals surface area contributed by atoms with Gasteiger partial charge in [-0.25, -0.2) is 24.1 Å². The van der Waals surface area contributed by atoms with Crippen molar-refractivity contribution < 1.29 is 4.79 Å². The Kier molecular flexibility index (Phi) is 5.79. The van der Waals surface area contributed by atoms with Gasteiger partial charge in [-0.3, -0.25) is 0 Å². The minimum Gasteiger partial charge on any atom is -0.338 e. The van der Waals surface area contributed by atoms with E-state index in [-0.39, 0.29) is 6.03 Å². The second-order valence-corrected chi connectivity index (χ2v) is 6.75. The normalized spacial score (nSPS) is 10.7. The molecule has 4 rings (SSSR count). The van der Waals surface area contributed by atoms with Crippen LogP contribution < -0.4 is 10.6 Å². The van der Waals surface area contributed by atoms with Crippen LogP contribution in [0.4, 0.5) is 10.5 Å². The van der Waals surface area contributed by atoms with Crippen LogP contribution in [0.15, 0.2) is 67.5 Å². The van der Waals surface area contributed by atoms with Crippen LogP contribution in [0.2, 0.25) is 0 Å². The maximum absolute atomic E-state index is 12.1. The zero-order chi connectivity index (χ0) is 20.8. The van der Waals surface area contributed by atoms with E-state index in [1.165, 1.54) is 11.9 Å². The van der Waals surface area contributed by atoms with E-state index in [9.17, 15) is 4.79 Å². The number of aryl methyl sites for hydroxylation is 2. The third-order valence-electron chi connectivity index (χ3n) is 4.59. The fourth-order valence-electron chi connectivity index (χ4n) is 3.03. The standard InChI is InChI=1S/C21H22N8O/c1-16-17(13-28(27-16)19-7-3-2-4-8-19)6-5-11-23-21(30)26-18-9-10-20(24-12-18)29-15-22-14-25-29/h2-4,7-10,12-15H,5-6,11H2,1H3,(H2,23,26,30). The fraction of sp³-hybridized carbons (Fsp3) is 0.190. The predicted molar refractivity (Wildman–Crippen MR) is 113 cm³/mol. The Balaban J connectivity index is 1.23. The van der Waals surface area contributed by atoms with Gasteiger partial charge in [0.25, 0.3) is 0 Å². The van der Waals surface area contributed by atoms with Crippen LogP contribution in [0, 0.1) is 6.92 Å². The first-order valence-corrected chi connectivity index (χ1v) is 9.65. The highest BCUT2D eigenvalue weighted by Crippen LogP contribution is 2.13. The Morgan fingerprint density at radius 1 is 1.10 bits per heavy atom. The molecule has 2 N–H and O–H groups in total. The number of para-hydroxylation sites is 1. The summed E-state index contributed by atoms with van der Waals surface area (Å²) in [5.74, 6) is 0.630. The molecule has 0 aliphatic carbocycles. The number of hydrogen-bond donors (Lipinski definition) is 2. The van der Waals surface area contributed by atoms with Crippen LogP contribution in [0.1, 0.15) is 17.7 Å². The molecule has 1 aromatic carbocycles. The summed E-state index contributed by atoms with van der Waals surface area (Å²) in [6.45, 7) is 2.57. The van der Waals surface area contributed by atoms with E-state index in [1.807, 2.05) is 48.1 Å². The lowest BCUT2D eigenvalue weighted by atomic mass is 10.1. The van der Waals surface area contributed by atoms with E-state index in [2.05, 4.69) is 30.8 Å². The molecular formula is C21H22N8O. The molecule has 0 radical (unpaired) electrons. The third kappa shape index (κ3) is 4.69. The van der Waals surface area contributed by atoms with Crippen molar-refractivity contribution in [1.82, 2.24) is 34.8 Å². The summed E-state index contributed by atoms with van der Waals surface area (Å²) in [6.07, 6.45) is 8.29. The summed E-state index contributed by atoms with van der Waals surface area (Å²) in [5, 5.41) is 14.2. The second-order valence-electron chi connectivity index (χ2n) is 6.75. The van der Waals surface area contributed by atoms with E-state index in [0.717, 1.165) is 24.2 Å². The van der Waals surface area contributed by atoms with Crippen molar-refractivity contribution in [2.24, 2.45) is 0 Å². The average molecular weight is 402 g/mol. The molecule has 2 amide bonds. The monoisotopic (exact) mass is 402 g/mol. The van der Waals surface area contributed by atoms with Crippen molar-refractivity contribution in [3.8, 4) is 11.5 Å². The van der Waals surface area contributed by atoms with Crippen molar-refractivity contribution in [1.29, 1.82) is 0 Å². The van der Waals surface area contributed by atoms with Gasteiger partial charge in [-0.15, -0.1) is 0 Å². The zero-order valence-electron chi connectivity index (χ0n) is 16.6. The lowest BCUT2D eigenvalue weighted by Crippen LogP contribution is -2.29. The molecule has 0 fully saturated rings. The number of pyridine rings is 1. The number of anilines is 1. The number of carbonyl (C=O) groups excluding carboxylic acids is 1. The Morgan fingerprint density at radius 3 is 2.70 bits per heavy atom. The predicted octanol–water partition coefficient (Wildman–Crippen LogP) is 2.91. The number of nitrogens with one attached hydrogen (secondary N) is 2. The molecule has 0 saturated carbocycles. The summed E-state index contributed by atoms with van der Waals surface area (Å²) in [6, 6.07) is 13.3. The Morgan fingerprint density at radius 2 is 1.97 bits per heavy atom. The fourth-order valence-corrected chi connectivity index (χ4v) is 3.03. The van der Waals surface area contributed by atoms with Crippen molar-refractivity contribution in [3.05, 3.63) is 78.8 Å². The Hall–Kier alpha value is -4.01. The van der Waals surface area contributed by atoms with Crippen molar-refractivity contribution >= 4 is 11.7 Å². The number of nitrogens with zero attached hydrogens (tertiary/aromatic N) is 6. The van der Waals surface area contributed by atoms with Crippen molar-refractivity contribution in [2.75, 3.05) is 11.9 Å². The quantitative estimate of drug-likeness (QED) is 0.463. The van der Waals surface area contributed by atoms with Crippen LogP contribution in [0.5, 0.6) is 0 Å². The van der Waals surface area contributed by atoms with Gasteiger partial charge in [0.05, 0.1) is 23.3 Å². The maximum Gasteiger partial charge on any atom is 0.319 e. The highest BCUT2D eigenvalue weighted by Gasteiger charge is 2.07. The molecule has 0 unspecified atom stereocenters. The smallest absolute Gasteiger partial charge is 0.319 e. The number of urea groups is 1. The van der Waals surface area contributed by atoms with Gasteiger partial charge < -0.3 is 10.6 Å². The van der Waals surface area contributed by atoms with E-state index >= 15 is 0 Å². The molecular weight excluding hydrogens is 380 g/mol. The molecule has 4 aromatic rings. The van der Waals surface area contributed by atoms with Gasteiger partial charge in [0.15, 0.2) is 5.82 Å². The van der Waals surface area contributed by atoms with Crippen LogP contribution in [0.25, 0.3) is 11.5 Å². The van der Waals surface area contributed by atoms with Crippen molar-refractivity contribution in [2.45, 2.75) is 19.8 Å². The van der Waals surface area contributed by atoms with Crippen LogP contribution in [-0.4, -0.2) is 42.1 Å². The molecule has 9 nitrogen and oxygen atoms in total. The lowest BCUT2D eigenvalue weighted by molar-refractivity contribution is 0.252. The molecule has 0 atom stereocenters. The average Bonchev–Trinajstić information content (AvgIpc) is 3.43. The second kappa shape index (κ2) is 8.99. The zero-order valence-corrected chi connectivity index (χ0v) is 16.6. The van der Waals surface area contributed by atoms with Crippen LogP contribution >= 0.6 is 0 Å². The molecule has 9 heteroatoms. The number of benzene rings is 1. The van der Waals surface area contributed by atoms with Gasteiger partial charge in [-0.1, -0.05) is 18.2 Å². The Bertz CT molecular complexity index is 1090. The highest BCUT2D eigenvalue weighted by atomic mass is 16.2. The van der Waals surface area contributed by atoms with E-state index in [1.54, 1.807) is 29.3 Å². The molecule has 0 aliphatic heterocycles. The van der Waals surface area contributed by atoms with Gasteiger partial charge in [0.1, 0.15) is 12.7 Å². The van der Waals surface area contributed by atoms with Gasteiger partial charge >= 0.3 is 6.03 Å². The summed E-state index contributed by atoms with van der Waals surface area (Å²) < 4.78 is 3.44. The van der Waals surface area contributed by atoms with E-state index in [4.69, 9.17) is 0 Å². The number of carbonyl (C=O) groups is 1. The number of rotatable bonds is 7. The minimum absolute atomic E-state index is 0.262. The van der Waals surface area contributed by atoms with Gasteiger partial charge in [0, 0.05) is 12.7 Å². The maximum atomic E-state index is 12.1. The molecule has 152 valence electrons. The minimum atomic E-state index is -0.262. The topological polar surface area (TPSA) is 103 Å². The SMILES string of the molecule is Cc1nn(-c2ccccc2)cc1CCCNC(=O)Nc1ccc(-n2cncn2)nc1. The van der Waals surface area contributed by atoms with Gasteiger partial charge in [-0.2, -0.15) is 10.2 Å². The highest BCUT2D eigenvalue weighted by molar-refractivity contribution is 5.89. The first-order chi connectivity index (χ1) is 14.7. The van der Waals surface area contributed by atoms with Crippen LogP contribution in [0.3, 0.4) is 0 Å². The van der Waals surface area contributed by atoms with E-state index in [0.29, 0.717) is 18.1 Å². The molecule has 0 saturated heterocycles. The third-order valence-corrected chi connectivity index (χ3v) is 4.59. The first kappa shape index (κ1) is 19.3. The molecule has 30 heavy (non-hydrogen) atoms.